The smallest absolute Gasteiger partial charge is 0.296 e. The molecule has 1 aromatic carbocycles. The number of nitro groups is 1. The Hall–Kier alpha value is -2.64. The molecule has 2 fully saturated rings. The van der Waals surface area contributed by atoms with Crippen LogP contribution < -0.4 is 10.1 Å². The third kappa shape index (κ3) is 3.79. The third-order valence-corrected chi connectivity index (χ3v) is 5.20. The molecule has 1 saturated carbocycles. The van der Waals surface area contributed by atoms with E-state index in [0.717, 1.165) is 25.7 Å². The van der Waals surface area contributed by atoms with Gasteiger partial charge in [0, 0.05) is 19.0 Å². The highest BCUT2D eigenvalue weighted by atomic mass is 16.6. The van der Waals surface area contributed by atoms with Crippen molar-refractivity contribution in [3.8, 4) is 5.75 Å². The Balaban J connectivity index is 1.69. The maximum absolute atomic E-state index is 12.6. The second-order valence-corrected chi connectivity index (χ2v) is 6.87. The first-order chi connectivity index (χ1) is 12.5. The molecule has 8 nitrogen and oxygen atoms in total. The van der Waals surface area contributed by atoms with E-state index in [9.17, 15) is 19.7 Å². The molecule has 0 radical (unpaired) electrons. The molecule has 26 heavy (non-hydrogen) atoms. The predicted octanol–water partition coefficient (Wildman–Crippen LogP) is 2.72. The largest absolute Gasteiger partial charge is 0.496 e. The van der Waals surface area contributed by atoms with E-state index in [1.807, 2.05) is 4.90 Å². The van der Waals surface area contributed by atoms with E-state index in [2.05, 4.69) is 5.32 Å². The highest BCUT2D eigenvalue weighted by Crippen LogP contribution is 2.32. The van der Waals surface area contributed by atoms with Crippen molar-refractivity contribution in [1.82, 2.24) is 4.90 Å². The van der Waals surface area contributed by atoms with Crippen LogP contribution in [0.2, 0.25) is 0 Å². The SMILES string of the molecule is COc1ccc(NC(=O)C2CC(=O)N(C3CCCCC3)C2)c([N+](=O)[O-])c1. The van der Waals surface area contributed by atoms with Crippen molar-refractivity contribution in [2.45, 2.75) is 44.6 Å². The molecule has 1 aliphatic carbocycles. The maximum atomic E-state index is 12.6. The monoisotopic (exact) mass is 361 g/mol. The number of anilines is 1. The number of rotatable bonds is 5. The molecule has 3 rings (SSSR count). The summed E-state index contributed by atoms with van der Waals surface area (Å²) >= 11 is 0. The van der Waals surface area contributed by atoms with Gasteiger partial charge in [-0.2, -0.15) is 0 Å². The van der Waals surface area contributed by atoms with Gasteiger partial charge >= 0.3 is 0 Å². The van der Waals surface area contributed by atoms with E-state index in [1.54, 1.807) is 6.07 Å². The summed E-state index contributed by atoms with van der Waals surface area (Å²) in [5, 5.41) is 13.9. The summed E-state index contributed by atoms with van der Waals surface area (Å²) in [6.45, 7) is 0.388. The normalized spacial score (nSPS) is 20.9. The number of carbonyl (C=O) groups is 2. The quantitative estimate of drug-likeness (QED) is 0.642. The molecule has 1 aromatic rings. The number of amides is 2. The van der Waals surface area contributed by atoms with Gasteiger partial charge in [-0.25, -0.2) is 0 Å². The summed E-state index contributed by atoms with van der Waals surface area (Å²) in [4.78, 5) is 37.4. The summed E-state index contributed by atoms with van der Waals surface area (Å²) in [5.74, 6) is -0.494. The van der Waals surface area contributed by atoms with Gasteiger partial charge in [0.2, 0.25) is 11.8 Å². The van der Waals surface area contributed by atoms with Crippen molar-refractivity contribution in [3.05, 3.63) is 28.3 Å². The van der Waals surface area contributed by atoms with Gasteiger partial charge < -0.3 is 15.0 Å². The molecule has 0 spiro atoms. The molecular formula is C18H23N3O5. The maximum Gasteiger partial charge on any atom is 0.296 e. The molecule has 1 unspecified atom stereocenters. The molecule has 2 amide bonds. The minimum Gasteiger partial charge on any atom is -0.496 e. The van der Waals surface area contributed by atoms with Gasteiger partial charge in [-0.3, -0.25) is 19.7 Å². The zero-order chi connectivity index (χ0) is 18.7. The topological polar surface area (TPSA) is 102 Å². The lowest BCUT2D eigenvalue weighted by atomic mass is 9.94. The molecule has 8 heteroatoms. The van der Waals surface area contributed by atoms with Crippen LogP contribution in [0.4, 0.5) is 11.4 Å². The van der Waals surface area contributed by atoms with Crippen molar-refractivity contribution in [3.63, 3.8) is 0 Å². The lowest BCUT2D eigenvalue weighted by molar-refractivity contribution is -0.384. The zero-order valence-corrected chi connectivity index (χ0v) is 14.8. The van der Waals surface area contributed by atoms with Gasteiger partial charge in [-0.1, -0.05) is 19.3 Å². The van der Waals surface area contributed by atoms with Crippen LogP contribution in [0.3, 0.4) is 0 Å². The van der Waals surface area contributed by atoms with Gasteiger partial charge in [0.1, 0.15) is 11.4 Å². The van der Waals surface area contributed by atoms with E-state index >= 15 is 0 Å². The Morgan fingerprint density at radius 2 is 2.04 bits per heavy atom. The molecule has 1 heterocycles. The van der Waals surface area contributed by atoms with Crippen LogP contribution in [0.5, 0.6) is 5.75 Å². The Morgan fingerprint density at radius 1 is 1.31 bits per heavy atom. The predicted molar refractivity (Wildman–Crippen MR) is 95.0 cm³/mol. The standard InChI is InChI=1S/C18H23N3O5/c1-26-14-7-8-15(16(10-14)21(24)25)19-18(23)12-9-17(22)20(11-12)13-5-3-2-4-6-13/h7-8,10,12-13H,2-6,9,11H2,1H3,(H,19,23). The van der Waals surface area contributed by atoms with Crippen molar-refractivity contribution >= 4 is 23.2 Å². The first-order valence-electron chi connectivity index (χ1n) is 8.92. The van der Waals surface area contributed by atoms with Gasteiger partial charge in [0.15, 0.2) is 0 Å². The fraction of sp³-hybridized carbons (Fsp3) is 0.556. The molecule has 1 aliphatic heterocycles. The molecule has 0 bridgehead atoms. The molecule has 1 atom stereocenters. The Kier molecular flexibility index (Phi) is 5.39. The van der Waals surface area contributed by atoms with Crippen LogP contribution in [0.15, 0.2) is 18.2 Å². The van der Waals surface area contributed by atoms with Crippen LogP contribution in [0, 0.1) is 16.0 Å². The van der Waals surface area contributed by atoms with Gasteiger partial charge in [-0.15, -0.1) is 0 Å². The Bertz CT molecular complexity index is 715. The first kappa shape index (κ1) is 18.2. The van der Waals surface area contributed by atoms with Crippen LogP contribution in [-0.4, -0.2) is 41.3 Å². The highest BCUT2D eigenvalue weighted by molar-refractivity contribution is 5.98. The van der Waals surface area contributed by atoms with Crippen LogP contribution in [0.1, 0.15) is 38.5 Å². The van der Waals surface area contributed by atoms with Crippen molar-refractivity contribution < 1.29 is 19.2 Å². The fourth-order valence-corrected chi connectivity index (χ4v) is 3.78. The Morgan fingerprint density at radius 3 is 2.69 bits per heavy atom. The molecule has 1 N–H and O–H groups in total. The lowest BCUT2D eigenvalue weighted by Crippen LogP contribution is -2.38. The third-order valence-electron chi connectivity index (χ3n) is 5.20. The van der Waals surface area contributed by atoms with Crippen molar-refractivity contribution in [1.29, 1.82) is 0 Å². The highest BCUT2D eigenvalue weighted by Gasteiger charge is 2.38. The number of hydrogen-bond donors (Lipinski definition) is 1. The van der Waals surface area contributed by atoms with E-state index in [1.165, 1.54) is 25.7 Å². The van der Waals surface area contributed by atoms with E-state index in [4.69, 9.17) is 4.74 Å². The second kappa shape index (κ2) is 7.72. The number of hydrogen-bond acceptors (Lipinski definition) is 5. The summed E-state index contributed by atoms with van der Waals surface area (Å²) < 4.78 is 4.99. The average molecular weight is 361 g/mol. The van der Waals surface area contributed by atoms with E-state index in [-0.39, 0.29) is 35.7 Å². The van der Waals surface area contributed by atoms with Crippen LogP contribution in [-0.2, 0) is 9.59 Å². The second-order valence-electron chi connectivity index (χ2n) is 6.87. The number of methoxy groups -OCH3 is 1. The van der Waals surface area contributed by atoms with Crippen molar-refractivity contribution in [2.24, 2.45) is 5.92 Å². The molecule has 2 aliphatic rings. The summed E-state index contributed by atoms with van der Waals surface area (Å²) in [6.07, 6.45) is 5.57. The van der Waals surface area contributed by atoms with Gasteiger partial charge in [0.25, 0.3) is 5.69 Å². The summed E-state index contributed by atoms with van der Waals surface area (Å²) in [5.41, 5.74) is -0.115. The van der Waals surface area contributed by atoms with Crippen LogP contribution in [0.25, 0.3) is 0 Å². The minimum absolute atomic E-state index is 0.00119. The number of benzene rings is 1. The minimum atomic E-state index is -0.563. The van der Waals surface area contributed by atoms with E-state index < -0.39 is 10.8 Å². The zero-order valence-electron chi connectivity index (χ0n) is 14.8. The number of ether oxygens (including phenoxy) is 1. The summed E-state index contributed by atoms with van der Waals surface area (Å²) in [7, 11) is 1.42. The molecule has 1 saturated heterocycles. The van der Waals surface area contributed by atoms with E-state index in [0.29, 0.717) is 12.3 Å². The number of nitro benzene ring substituents is 1. The number of carbonyl (C=O) groups excluding carboxylic acids is 2. The lowest BCUT2D eigenvalue weighted by Gasteiger charge is -2.31. The number of nitrogens with one attached hydrogen (secondary N) is 1. The number of likely N-dealkylation sites (tertiary alicyclic amines) is 1. The first-order valence-corrected chi connectivity index (χ1v) is 8.92. The molecular weight excluding hydrogens is 338 g/mol. The molecule has 140 valence electrons. The fourth-order valence-electron chi connectivity index (χ4n) is 3.78. The number of nitrogens with zero attached hydrogens (tertiary/aromatic N) is 2. The summed E-state index contributed by atoms with van der Waals surface area (Å²) in [6, 6.07) is 4.50. The van der Waals surface area contributed by atoms with Gasteiger partial charge in [-0.05, 0) is 25.0 Å². The van der Waals surface area contributed by atoms with Crippen molar-refractivity contribution in [2.75, 3.05) is 19.0 Å². The molecule has 0 aromatic heterocycles. The van der Waals surface area contributed by atoms with Crippen LogP contribution >= 0.6 is 0 Å². The van der Waals surface area contributed by atoms with Gasteiger partial charge in [0.05, 0.1) is 24.0 Å². The average Bonchev–Trinajstić information content (AvgIpc) is 3.04. The Labute approximate surface area is 151 Å².